The van der Waals surface area contributed by atoms with Gasteiger partial charge in [-0.3, -0.25) is 4.79 Å². The first-order valence-corrected chi connectivity index (χ1v) is 6.00. The van der Waals surface area contributed by atoms with Crippen molar-refractivity contribution in [2.24, 2.45) is 11.1 Å². The van der Waals surface area contributed by atoms with Gasteiger partial charge in [0.05, 0.1) is 5.41 Å². The van der Waals surface area contributed by atoms with Crippen LogP contribution in [0.25, 0.3) is 0 Å². The zero-order valence-electron chi connectivity index (χ0n) is 10.9. The van der Waals surface area contributed by atoms with Crippen molar-refractivity contribution < 1.29 is 4.79 Å². The maximum Gasteiger partial charge on any atom is 0.226 e. The fraction of sp³-hybridized carbons (Fsp3) is 0.500. The summed E-state index contributed by atoms with van der Waals surface area (Å²) in [5.74, 6) is 0.0218. The summed E-state index contributed by atoms with van der Waals surface area (Å²) in [7, 11) is 0. The van der Waals surface area contributed by atoms with E-state index in [-0.39, 0.29) is 5.91 Å². The van der Waals surface area contributed by atoms with Crippen molar-refractivity contribution in [1.29, 1.82) is 0 Å². The average Bonchev–Trinajstić information content (AvgIpc) is 2.31. The van der Waals surface area contributed by atoms with Gasteiger partial charge in [0.2, 0.25) is 5.91 Å². The molecule has 0 aliphatic carbocycles. The number of amides is 1. The molecule has 1 aromatic carbocycles. The molecule has 0 unspecified atom stereocenters. The number of hydrogen-bond acceptors (Lipinski definition) is 2. The van der Waals surface area contributed by atoms with Crippen molar-refractivity contribution in [3.8, 4) is 0 Å². The van der Waals surface area contributed by atoms with Crippen molar-refractivity contribution >= 4 is 5.91 Å². The van der Waals surface area contributed by atoms with Crippen LogP contribution < -0.4 is 11.1 Å². The van der Waals surface area contributed by atoms with Crippen molar-refractivity contribution in [3.05, 3.63) is 35.4 Å². The predicted molar refractivity (Wildman–Crippen MR) is 70.7 cm³/mol. The summed E-state index contributed by atoms with van der Waals surface area (Å²) in [6, 6.07) is 8.22. The molecular formula is C14H22N2O. The molecular weight excluding hydrogens is 212 g/mol. The molecule has 0 radical (unpaired) electrons. The lowest BCUT2D eigenvalue weighted by atomic mass is 9.92. The van der Waals surface area contributed by atoms with Crippen molar-refractivity contribution in [3.63, 3.8) is 0 Å². The second-order valence-electron chi connectivity index (χ2n) is 5.02. The van der Waals surface area contributed by atoms with Crippen LogP contribution in [0, 0.1) is 12.3 Å². The fourth-order valence-electron chi connectivity index (χ4n) is 1.53. The third kappa shape index (κ3) is 3.86. The Morgan fingerprint density at radius 2 is 2.00 bits per heavy atom. The van der Waals surface area contributed by atoms with Gasteiger partial charge in [-0.1, -0.05) is 24.3 Å². The van der Waals surface area contributed by atoms with Gasteiger partial charge < -0.3 is 11.1 Å². The Morgan fingerprint density at radius 3 is 2.59 bits per heavy atom. The van der Waals surface area contributed by atoms with Gasteiger partial charge in [0, 0.05) is 13.1 Å². The minimum Gasteiger partial charge on any atom is -0.355 e. The van der Waals surface area contributed by atoms with E-state index in [1.165, 1.54) is 11.1 Å². The van der Waals surface area contributed by atoms with Crippen LogP contribution >= 0.6 is 0 Å². The maximum absolute atomic E-state index is 11.8. The van der Waals surface area contributed by atoms with Crippen LogP contribution in [0.15, 0.2) is 24.3 Å². The fourth-order valence-corrected chi connectivity index (χ4v) is 1.53. The van der Waals surface area contributed by atoms with E-state index >= 15 is 0 Å². The maximum atomic E-state index is 11.8. The van der Waals surface area contributed by atoms with Gasteiger partial charge in [0.25, 0.3) is 0 Å². The topological polar surface area (TPSA) is 55.1 Å². The molecule has 0 aliphatic rings. The van der Waals surface area contributed by atoms with Gasteiger partial charge in [0.15, 0.2) is 0 Å². The van der Waals surface area contributed by atoms with Crippen LogP contribution in [-0.4, -0.2) is 19.0 Å². The van der Waals surface area contributed by atoms with Crippen molar-refractivity contribution in [2.45, 2.75) is 27.2 Å². The van der Waals surface area contributed by atoms with Crippen LogP contribution in [0.4, 0.5) is 0 Å². The summed E-state index contributed by atoms with van der Waals surface area (Å²) in [5, 5.41) is 2.93. The summed E-state index contributed by atoms with van der Waals surface area (Å²) in [5.41, 5.74) is 7.61. The number of hydrogen-bond donors (Lipinski definition) is 2. The first-order valence-electron chi connectivity index (χ1n) is 6.00. The molecule has 3 N–H and O–H groups in total. The molecule has 3 nitrogen and oxygen atoms in total. The van der Waals surface area contributed by atoms with E-state index < -0.39 is 5.41 Å². The van der Waals surface area contributed by atoms with Crippen LogP contribution in [0.2, 0.25) is 0 Å². The largest absolute Gasteiger partial charge is 0.355 e. The zero-order valence-corrected chi connectivity index (χ0v) is 10.9. The third-order valence-electron chi connectivity index (χ3n) is 3.07. The van der Waals surface area contributed by atoms with Gasteiger partial charge in [-0.2, -0.15) is 0 Å². The van der Waals surface area contributed by atoms with E-state index in [0.29, 0.717) is 13.1 Å². The second-order valence-corrected chi connectivity index (χ2v) is 5.02. The van der Waals surface area contributed by atoms with E-state index in [1.807, 2.05) is 26.0 Å². The number of carbonyl (C=O) groups excluding carboxylic acids is 1. The number of aryl methyl sites for hydroxylation is 1. The Hall–Kier alpha value is -1.35. The van der Waals surface area contributed by atoms with E-state index in [0.717, 1.165) is 6.42 Å². The molecule has 0 saturated heterocycles. The standard InChI is InChI=1S/C14H22N2O/c1-11-6-4-5-7-12(11)8-9-16-13(17)14(2,3)10-15/h4-7H,8-10,15H2,1-3H3,(H,16,17). The summed E-state index contributed by atoms with van der Waals surface area (Å²) < 4.78 is 0. The highest BCUT2D eigenvalue weighted by atomic mass is 16.2. The van der Waals surface area contributed by atoms with E-state index in [2.05, 4.69) is 24.4 Å². The molecule has 0 atom stereocenters. The number of nitrogens with one attached hydrogen (secondary N) is 1. The minimum atomic E-state index is -0.480. The number of nitrogens with two attached hydrogens (primary N) is 1. The summed E-state index contributed by atoms with van der Waals surface area (Å²) in [6.45, 7) is 6.82. The molecule has 94 valence electrons. The molecule has 1 rings (SSSR count). The molecule has 0 bridgehead atoms. The van der Waals surface area contributed by atoms with Crippen molar-refractivity contribution in [1.82, 2.24) is 5.32 Å². The van der Waals surface area contributed by atoms with Crippen LogP contribution in [-0.2, 0) is 11.2 Å². The number of carbonyl (C=O) groups is 1. The lowest BCUT2D eigenvalue weighted by Crippen LogP contribution is -2.42. The van der Waals surface area contributed by atoms with Gasteiger partial charge in [-0.25, -0.2) is 0 Å². The highest BCUT2D eigenvalue weighted by Crippen LogP contribution is 2.12. The summed E-state index contributed by atoms with van der Waals surface area (Å²) in [6.07, 6.45) is 0.860. The smallest absolute Gasteiger partial charge is 0.226 e. The first kappa shape index (κ1) is 13.7. The number of benzene rings is 1. The zero-order chi connectivity index (χ0) is 12.9. The average molecular weight is 234 g/mol. The highest BCUT2D eigenvalue weighted by molar-refractivity contribution is 5.82. The monoisotopic (exact) mass is 234 g/mol. The first-order chi connectivity index (χ1) is 7.97. The van der Waals surface area contributed by atoms with E-state index in [1.54, 1.807) is 0 Å². The molecule has 17 heavy (non-hydrogen) atoms. The van der Waals surface area contributed by atoms with Crippen LogP contribution in [0.5, 0.6) is 0 Å². The third-order valence-corrected chi connectivity index (χ3v) is 3.07. The molecule has 0 fully saturated rings. The molecule has 0 aromatic heterocycles. The summed E-state index contributed by atoms with van der Waals surface area (Å²) in [4.78, 5) is 11.8. The van der Waals surface area contributed by atoms with Gasteiger partial charge in [0.1, 0.15) is 0 Å². The minimum absolute atomic E-state index is 0.0218. The quantitative estimate of drug-likeness (QED) is 0.813. The summed E-state index contributed by atoms with van der Waals surface area (Å²) >= 11 is 0. The van der Waals surface area contributed by atoms with Gasteiger partial charge in [-0.15, -0.1) is 0 Å². The van der Waals surface area contributed by atoms with Crippen LogP contribution in [0.1, 0.15) is 25.0 Å². The predicted octanol–water partition coefficient (Wildman–Crippen LogP) is 1.64. The highest BCUT2D eigenvalue weighted by Gasteiger charge is 2.24. The van der Waals surface area contributed by atoms with E-state index in [4.69, 9.17) is 5.73 Å². The normalized spacial score (nSPS) is 11.3. The molecule has 1 amide bonds. The lowest BCUT2D eigenvalue weighted by molar-refractivity contribution is -0.128. The Kier molecular flexibility index (Phi) is 4.70. The SMILES string of the molecule is Cc1ccccc1CCNC(=O)C(C)(C)CN. The molecule has 1 aromatic rings. The molecule has 3 heteroatoms. The van der Waals surface area contributed by atoms with Gasteiger partial charge >= 0.3 is 0 Å². The Morgan fingerprint density at radius 1 is 1.35 bits per heavy atom. The second kappa shape index (κ2) is 5.82. The Bertz CT molecular complexity index is 386. The molecule has 0 spiro atoms. The lowest BCUT2D eigenvalue weighted by Gasteiger charge is -2.21. The Labute approximate surface area is 103 Å². The molecule has 0 saturated carbocycles. The Balaban J connectivity index is 2.44. The van der Waals surface area contributed by atoms with Crippen molar-refractivity contribution in [2.75, 3.05) is 13.1 Å². The molecule has 0 aliphatic heterocycles. The van der Waals surface area contributed by atoms with Crippen LogP contribution in [0.3, 0.4) is 0 Å². The van der Waals surface area contributed by atoms with Gasteiger partial charge in [-0.05, 0) is 38.3 Å². The number of rotatable bonds is 5. The van der Waals surface area contributed by atoms with E-state index in [9.17, 15) is 4.79 Å². The molecule has 0 heterocycles.